The first-order chi connectivity index (χ1) is 11.0. The first kappa shape index (κ1) is 14.2. The molecular weight excluding hydrogens is 299 g/mol. The Balaban J connectivity index is 1.39. The van der Waals surface area contributed by atoms with Gasteiger partial charge in [0.25, 0.3) is 0 Å². The van der Waals surface area contributed by atoms with Crippen LogP contribution in [0.15, 0.2) is 28.7 Å². The molecule has 1 aliphatic heterocycles. The van der Waals surface area contributed by atoms with Crippen molar-refractivity contribution >= 4 is 11.9 Å². The molecule has 2 heterocycles. The maximum atomic E-state index is 12.9. The molecule has 4 rings (SSSR count). The molecule has 23 heavy (non-hydrogen) atoms. The molecule has 0 unspecified atom stereocenters. The predicted octanol–water partition coefficient (Wildman–Crippen LogP) is 2.30. The third-order valence-corrected chi connectivity index (χ3v) is 4.55. The Morgan fingerprint density at radius 1 is 1.30 bits per heavy atom. The maximum absolute atomic E-state index is 12.9. The van der Waals surface area contributed by atoms with E-state index in [1.807, 2.05) is 4.90 Å². The lowest BCUT2D eigenvalue weighted by molar-refractivity contribution is -0.139. The lowest BCUT2D eigenvalue weighted by Gasteiger charge is -2.41. The van der Waals surface area contributed by atoms with E-state index in [1.54, 1.807) is 19.1 Å². The van der Waals surface area contributed by atoms with Crippen LogP contribution in [0.2, 0.25) is 0 Å². The quantitative estimate of drug-likeness (QED) is 0.937. The zero-order valence-electron chi connectivity index (χ0n) is 12.8. The van der Waals surface area contributed by atoms with Gasteiger partial charge in [0.1, 0.15) is 11.9 Å². The van der Waals surface area contributed by atoms with Gasteiger partial charge in [-0.05, 0) is 44.0 Å². The first-order valence-corrected chi connectivity index (χ1v) is 7.69. The highest BCUT2D eigenvalue weighted by atomic mass is 19.1. The van der Waals surface area contributed by atoms with E-state index in [4.69, 9.17) is 4.42 Å². The largest absolute Gasteiger partial charge is 0.403 e. The van der Waals surface area contributed by atoms with Crippen molar-refractivity contribution in [3.05, 3.63) is 30.1 Å². The smallest absolute Gasteiger partial charge is 0.316 e. The minimum Gasteiger partial charge on any atom is -0.403 e. The summed E-state index contributed by atoms with van der Waals surface area (Å²) >= 11 is 0. The average Bonchev–Trinajstić information content (AvgIpc) is 3.19. The van der Waals surface area contributed by atoms with Crippen LogP contribution in [-0.2, 0) is 4.79 Å². The zero-order chi connectivity index (χ0) is 16.0. The summed E-state index contributed by atoms with van der Waals surface area (Å²) in [5.74, 6) is 0.00547. The number of benzene rings is 1. The van der Waals surface area contributed by atoms with E-state index in [1.165, 1.54) is 25.0 Å². The molecule has 1 spiro atoms. The molecule has 1 saturated heterocycles. The molecule has 0 bridgehead atoms. The van der Waals surface area contributed by atoms with Crippen molar-refractivity contribution in [1.29, 1.82) is 0 Å². The number of nitrogens with one attached hydrogen (secondary N) is 1. The summed E-state index contributed by atoms with van der Waals surface area (Å²) in [4.78, 5) is 14.2. The standard InChI is InChI=1S/C16H17FN4O2/c1-10(14(22)21-8-16(9-21)6-7-16)18-15-20-19-13(23-15)11-2-4-12(17)5-3-11/h2-5,10H,6-9H2,1H3,(H,18,20)/t10-/m1/s1. The third kappa shape index (κ3) is 2.67. The van der Waals surface area contributed by atoms with Crippen LogP contribution < -0.4 is 5.32 Å². The van der Waals surface area contributed by atoms with Crippen LogP contribution in [0.3, 0.4) is 0 Å². The van der Waals surface area contributed by atoms with Gasteiger partial charge in [0.2, 0.25) is 11.8 Å². The average molecular weight is 316 g/mol. The Bertz CT molecular complexity index is 731. The number of carbonyl (C=O) groups excluding carboxylic acids is 1. The number of nitrogens with zero attached hydrogens (tertiary/aromatic N) is 3. The summed E-state index contributed by atoms with van der Waals surface area (Å²) in [6.07, 6.45) is 2.48. The Labute approximate surface area is 132 Å². The van der Waals surface area contributed by atoms with Gasteiger partial charge in [-0.3, -0.25) is 4.79 Å². The number of halogens is 1. The van der Waals surface area contributed by atoms with Crippen LogP contribution in [-0.4, -0.2) is 40.1 Å². The number of hydrogen-bond acceptors (Lipinski definition) is 5. The van der Waals surface area contributed by atoms with Gasteiger partial charge >= 0.3 is 6.01 Å². The summed E-state index contributed by atoms with van der Waals surface area (Å²) in [7, 11) is 0. The van der Waals surface area contributed by atoms with Crippen LogP contribution in [0.4, 0.5) is 10.4 Å². The molecule has 120 valence electrons. The van der Waals surface area contributed by atoms with Crippen molar-refractivity contribution < 1.29 is 13.6 Å². The molecule has 1 aromatic heterocycles. The molecule has 1 aliphatic carbocycles. The van der Waals surface area contributed by atoms with Crippen LogP contribution in [0.5, 0.6) is 0 Å². The summed E-state index contributed by atoms with van der Waals surface area (Å²) < 4.78 is 18.4. The van der Waals surface area contributed by atoms with Gasteiger partial charge in [-0.2, -0.15) is 0 Å². The predicted molar refractivity (Wildman–Crippen MR) is 81.0 cm³/mol. The van der Waals surface area contributed by atoms with Crippen LogP contribution >= 0.6 is 0 Å². The zero-order valence-corrected chi connectivity index (χ0v) is 12.8. The number of anilines is 1. The van der Waals surface area contributed by atoms with Crippen molar-refractivity contribution in [2.24, 2.45) is 5.41 Å². The number of aromatic nitrogens is 2. The molecule has 1 atom stereocenters. The van der Waals surface area contributed by atoms with Crippen molar-refractivity contribution in [1.82, 2.24) is 15.1 Å². The van der Waals surface area contributed by atoms with E-state index in [2.05, 4.69) is 15.5 Å². The number of carbonyl (C=O) groups is 1. The molecule has 6 nitrogen and oxygen atoms in total. The molecule has 2 aromatic rings. The Morgan fingerprint density at radius 2 is 2.00 bits per heavy atom. The molecule has 1 amide bonds. The Morgan fingerprint density at radius 3 is 2.65 bits per heavy atom. The maximum Gasteiger partial charge on any atom is 0.316 e. The van der Waals surface area contributed by atoms with Crippen LogP contribution in [0, 0.1) is 11.2 Å². The van der Waals surface area contributed by atoms with Gasteiger partial charge in [0.05, 0.1) is 0 Å². The van der Waals surface area contributed by atoms with Crippen LogP contribution in [0.25, 0.3) is 11.5 Å². The highest BCUT2D eigenvalue weighted by molar-refractivity contribution is 5.84. The normalized spacial score (nSPS) is 19.3. The van der Waals surface area contributed by atoms with Crippen molar-refractivity contribution in [2.45, 2.75) is 25.8 Å². The minimum atomic E-state index is -0.424. The van der Waals surface area contributed by atoms with Crippen LogP contribution in [0.1, 0.15) is 19.8 Å². The fourth-order valence-electron chi connectivity index (χ4n) is 2.92. The van der Waals surface area contributed by atoms with Gasteiger partial charge in [0, 0.05) is 24.1 Å². The molecular formula is C16H17FN4O2. The summed E-state index contributed by atoms with van der Waals surface area (Å²) in [6.45, 7) is 3.51. The summed E-state index contributed by atoms with van der Waals surface area (Å²) in [5, 5.41) is 10.7. The Hall–Kier alpha value is -2.44. The first-order valence-electron chi connectivity index (χ1n) is 7.69. The molecule has 2 aliphatic rings. The topological polar surface area (TPSA) is 71.3 Å². The molecule has 1 aromatic carbocycles. The second-order valence-electron chi connectivity index (χ2n) is 6.48. The Kier molecular flexibility index (Phi) is 3.11. The van der Waals surface area contributed by atoms with Crippen molar-refractivity contribution in [3.8, 4) is 11.5 Å². The highest BCUT2D eigenvalue weighted by Crippen LogP contribution is 2.52. The molecule has 0 radical (unpaired) electrons. The number of amides is 1. The highest BCUT2D eigenvalue weighted by Gasteiger charge is 2.54. The fourth-order valence-corrected chi connectivity index (χ4v) is 2.92. The van der Waals surface area contributed by atoms with Crippen molar-refractivity contribution in [2.75, 3.05) is 18.4 Å². The lowest BCUT2D eigenvalue weighted by Crippen LogP contribution is -2.55. The summed E-state index contributed by atoms with van der Waals surface area (Å²) in [5.41, 5.74) is 1.07. The van der Waals surface area contributed by atoms with E-state index >= 15 is 0 Å². The SMILES string of the molecule is C[C@@H](Nc1nnc(-c2ccc(F)cc2)o1)C(=O)N1CC2(CC2)C1. The molecule has 7 heteroatoms. The van der Waals surface area contributed by atoms with E-state index < -0.39 is 6.04 Å². The van der Waals surface area contributed by atoms with E-state index in [-0.39, 0.29) is 23.6 Å². The monoisotopic (exact) mass is 316 g/mol. The van der Waals surface area contributed by atoms with E-state index in [0.29, 0.717) is 11.0 Å². The number of rotatable bonds is 4. The lowest BCUT2D eigenvalue weighted by atomic mass is 9.96. The fraction of sp³-hybridized carbons (Fsp3) is 0.438. The number of hydrogen-bond donors (Lipinski definition) is 1. The van der Waals surface area contributed by atoms with Gasteiger partial charge in [-0.1, -0.05) is 5.10 Å². The van der Waals surface area contributed by atoms with Gasteiger partial charge in [-0.15, -0.1) is 5.10 Å². The second-order valence-corrected chi connectivity index (χ2v) is 6.48. The number of likely N-dealkylation sites (tertiary alicyclic amines) is 1. The van der Waals surface area contributed by atoms with Gasteiger partial charge in [0.15, 0.2) is 0 Å². The summed E-state index contributed by atoms with van der Waals surface area (Å²) in [6, 6.07) is 5.55. The molecule has 1 N–H and O–H groups in total. The molecule has 1 saturated carbocycles. The van der Waals surface area contributed by atoms with Gasteiger partial charge < -0.3 is 14.6 Å². The molecule has 2 fully saturated rings. The van der Waals surface area contributed by atoms with E-state index in [0.717, 1.165) is 13.1 Å². The van der Waals surface area contributed by atoms with E-state index in [9.17, 15) is 9.18 Å². The second kappa shape index (κ2) is 5.04. The van der Waals surface area contributed by atoms with Crippen molar-refractivity contribution in [3.63, 3.8) is 0 Å². The van der Waals surface area contributed by atoms with Gasteiger partial charge in [-0.25, -0.2) is 4.39 Å². The minimum absolute atomic E-state index is 0.0454. The third-order valence-electron chi connectivity index (χ3n) is 4.55.